The van der Waals surface area contributed by atoms with Gasteiger partial charge >= 0.3 is 5.97 Å². The minimum atomic E-state index is -1.24. The summed E-state index contributed by atoms with van der Waals surface area (Å²) in [6.07, 6.45) is 1.34. The third-order valence-electron chi connectivity index (χ3n) is 2.87. The van der Waals surface area contributed by atoms with Gasteiger partial charge in [-0.3, -0.25) is 4.79 Å². The molecule has 0 aliphatic carbocycles. The zero-order valence-corrected chi connectivity index (χ0v) is 11.5. The molecule has 0 heterocycles. The number of hydrogen-bond donors (Lipinski definition) is 2. The smallest absolute Gasteiger partial charge is 0.352 e. The largest absolute Gasteiger partial charge is 0.477 e. The monoisotopic (exact) mass is 292 g/mol. The van der Waals surface area contributed by atoms with Gasteiger partial charge in [-0.25, -0.2) is 4.79 Å². The highest BCUT2D eigenvalue weighted by Gasteiger charge is 2.13. The second kappa shape index (κ2) is 6.86. The van der Waals surface area contributed by atoms with Gasteiger partial charge in [0.2, 0.25) is 0 Å². The van der Waals surface area contributed by atoms with E-state index in [1.807, 2.05) is 6.07 Å². The Labute approximate surface area is 127 Å². The van der Waals surface area contributed by atoms with Gasteiger partial charge in [0, 0.05) is 5.56 Å². The van der Waals surface area contributed by atoms with Gasteiger partial charge in [0.15, 0.2) is 0 Å². The van der Waals surface area contributed by atoms with Gasteiger partial charge < -0.3 is 10.4 Å². The topological polar surface area (TPSA) is 90.2 Å². The molecule has 0 bridgehead atoms. The van der Waals surface area contributed by atoms with Crippen molar-refractivity contribution >= 4 is 18.0 Å². The summed E-state index contributed by atoms with van der Waals surface area (Å²) in [5, 5.41) is 20.3. The van der Waals surface area contributed by atoms with Crippen LogP contribution >= 0.6 is 0 Å². The van der Waals surface area contributed by atoms with Gasteiger partial charge in [-0.1, -0.05) is 30.3 Å². The molecule has 5 heteroatoms. The van der Waals surface area contributed by atoms with E-state index in [9.17, 15) is 14.7 Å². The van der Waals surface area contributed by atoms with Crippen molar-refractivity contribution in [2.45, 2.75) is 0 Å². The third kappa shape index (κ3) is 3.81. The minimum Gasteiger partial charge on any atom is -0.477 e. The van der Waals surface area contributed by atoms with E-state index in [-0.39, 0.29) is 5.70 Å². The van der Waals surface area contributed by atoms with Crippen molar-refractivity contribution in [3.05, 3.63) is 77.0 Å². The number of nitriles is 1. The molecule has 0 saturated carbocycles. The number of aliphatic carboxylic acids is 1. The predicted octanol–water partition coefficient (Wildman–Crippen LogP) is 2.41. The molecule has 108 valence electrons. The van der Waals surface area contributed by atoms with Crippen molar-refractivity contribution < 1.29 is 14.7 Å². The van der Waals surface area contributed by atoms with Crippen molar-refractivity contribution in [2.24, 2.45) is 0 Å². The van der Waals surface area contributed by atoms with E-state index in [1.54, 1.807) is 54.6 Å². The Morgan fingerprint density at radius 3 is 2.23 bits per heavy atom. The molecule has 2 N–H and O–H groups in total. The predicted molar refractivity (Wildman–Crippen MR) is 80.7 cm³/mol. The molecular weight excluding hydrogens is 280 g/mol. The van der Waals surface area contributed by atoms with Gasteiger partial charge in [0.25, 0.3) is 5.91 Å². The van der Waals surface area contributed by atoms with Crippen molar-refractivity contribution in [2.75, 3.05) is 0 Å². The number of nitrogens with zero attached hydrogens (tertiary/aromatic N) is 1. The van der Waals surface area contributed by atoms with Crippen LogP contribution < -0.4 is 5.32 Å². The van der Waals surface area contributed by atoms with Gasteiger partial charge in [0.05, 0.1) is 11.6 Å². The fraction of sp³-hybridized carbons (Fsp3) is 0. The highest BCUT2D eigenvalue weighted by molar-refractivity contribution is 6.02. The number of amides is 1. The van der Waals surface area contributed by atoms with E-state index < -0.39 is 11.9 Å². The fourth-order valence-corrected chi connectivity index (χ4v) is 1.76. The summed E-state index contributed by atoms with van der Waals surface area (Å²) in [6.45, 7) is 0. The van der Waals surface area contributed by atoms with E-state index >= 15 is 0 Å². The molecule has 2 aromatic rings. The zero-order chi connectivity index (χ0) is 15.9. The molecule has 0 unspecified atom stereocenters. The Balaban J connectivity index is 2.23. The molecule has 22 heavy (non-hydrogen) atoms. The first-order valence-corrected chi connectivity index (χ1v) is 6.41. The molecule has 5 nitrogen and oxygen atoms in total. The number of carboxylic acids is 1. The van der Waals surface area contributed by atoms with Crippen molar-refractivity contribution in [3.8, 4) is 6.07 Å². The molecule has 0 aromatic heterocycles. The summed E-state index contributed by atoms with van der Waals surface area (Å²) in [7, 11) is 0. The molecule has 0 saturated heterocycles. The average molecular weight is 292 g/mol. The molecule has 1 amide bonds. The quantitative estimate of drug-likeness (QED) is 0.847. The number of carboxylic acid groups (broad SMARTS) is 1. The van der Waals surface area contributed by atoms with Gasteiger partial charge in [-0.15, -0.1) is 0 Å². The fourth-order valence-electron chi connectivity index (χ4n) is 1.76. The Kier molecular flexibility index (Phi) is 4.68. The lowest BCUT2D eigenvalue weighted by Crippen LogP contribution is -2.27. The summed E-state index contributed by atoms with van der Waals surface area (Å²) >= 11 is 0. The third-order valence-corrected chi connectivity index (χ3v) is 2.87. The average Bonchev–Trinajstić information content (AvgIpc) is 2.55. The second-order valence-electron chi connectivity index (χ2n) is 4.42. The van der Waals surface area contributed by atoms with Crippen LogP contribution in [0.4, 0.5) is 0 Å². The number of carbonyl (C=O) groups is 2. The molecule has 0 aliphatic heterocycles. The van der Waals surface area contributed by atoms with Crippen LogP contribution in [0.25, 0.3) is 6.08 Å². The molecule has 0 spiro atoms. The van der Waals surface area contributed by atoms with Gasteiger partial charge in [-0.05, 0) is 35.9 Å². The van der Waals surface area contributed by atoms with E-state index in [0.717, 1.165) is 0 Å². The number of rotatable bonds is 4. The normalized spacial score (nSPS) is 10.6. The van der Waals surface area contributed by atoms with Crippen LogP contribution in [-0.2, 0) is 4.79 Å². The lowest BCUT2D eigenvalue weighted by Gasteiger charge is -2.06. The van der Waals surface area contributed by atoms with Crippen LogP contribution in [0.5, 0.6) is 0 Å². The first kappa shape index (κ1) is 15.0. The zero-order valence-electron chi connectivity index (χ0n) is 11.5. The summed E-state index contributed by atoms with van der Waals surface area (Å²) in [6, 6.07) is 16.7. The highest BCUT2D eigenvalue weighted by atomic mass is 16.4. The minimum absolute atomic E-state index is 0.237. The molecule has 0 radical (unpaired) electrons. The van der Waals surface area contributed by atoms with Crippen LogP contribution in [0.2, 0.25) is 0 Å². The van der Waals surface area contributed by atoms with Crippen LogP contribution in [0.3, 0.4) is 0 Å². The number of hydrogen-bond acceptors (Lipinski definition) is 3. The summed E-state index contributed by atoms with van der Waals surface area (Å²) in [5.41, 5.74) is 1.18. The van der Waals surface area contributed by atoms with Crippen LogP contribution in [0.1, 0.15) is 21.5 Å². The molecule has 0 aliphatic rings. The molecule has 2 aromatic carbocycles. The Bertz CT molecular complexity index is 757. The lowest BCUT2D eigenvalue weighted by atomic mass is 10.1. The Morgan fingerprint density at radius 2 is 1.68 bits per heavy atom. The van der Waals surface area contributed by atoms with E-state index in [4.69, 9.17) is 5.26 Å². The van der Waals surface area contributed by atoms with Crippen LogP contribution in [-0.4, -0.2) is 17.0 Å². The Morgan fingerprint density at radius 1 is 1.05 bits per heavy atom. The summed E-state index contributed by atoms with van der Waals surface area (Å²) in [5.74, 6) is -1.74. The number of nitrogens with one attached hydrogen (secondary N) is 1. The van der Waals surface area contributed by atoms with E-state index in [0.29, 0.717) is 16.7 Å². The van der Waals surface area contributed by atoms with Gasteiger partial charge in [-0.2, -0.15) is 5.26 Å². The molecule has 0 fully saturated rings. The lowest BCUT2D eigenvalue weighted by molar-refractivity contribution is -0.132. The molecule has 2 rings (SSSR count). The maximum Gasteiger partial charge on any atom is 0.352 e. The highest BCUT2D eigenvalue weighted by Crippen LogP contribution is 2.09. The maximum absolute atomic E-state index is 12.0. The van der Waals surface area contributed by atoms with Crippen molar-refractivity contribution in [1.82, 2.24) is 5.32 Å². The molecule has 0 atom stereocenters. The number of benzene rings is 2. The first-order valence-electron chi connectivity index (χ1n) is 6.41. The maximum atomic E-state index is 12.0. The standard InChI is InChI=1S/C17H12N2O3/c18-11-13-8-6-12(7-9-13)10-15(17(21)22)19-16(20)14-4-2-1-3-5-14/h1-10H,(H,19,20)(H,21,22)/b15-10+. The first-order chi connectivity index (χ1) is 10.6. The SMILES string of the molecule is N#Cc1ccc(/C=C(/NC(=O)c2ccccc2)C(=O)O)cc1. The van der Waals surface area contributed by atoms with Crippen LogP contribution in [0.15, 0.2) is 60.3 Å². The second-order valence-corrected chi connectivity index (χ2v) is 4.42. The summed E-state index contributed by atoms with van der Waals surface area (Å²) in [4.78, 5) is 23.3. The molecular formula is C17H12N2O3. The summed E-state index contributed by atoms with van der Waals surface area (Å²) < 4.78 is 0. The van der Waals surface area contributed by atoms with Crippen molar-refractivity contribution in [3.63, 3.8) is 0 Å². The Hall–Kier alpha value is -3.39. The van der Waals surface area contributed by atoms with E-state index in [2.05, 4.69) is 5.32 Å². The number of carbonyl (C=O) groups excluding carboxylic acids is 1. The van der Waals surface area contributed by atoms with E-state index in [1.165, 1.54) is 6.08 Å². The van der Waals surface area contributed by atoms with Crippen molar-refractivity contribution in [1.29, 1.82) is 5.26 Å². The van der Waals surface area contributed by atoms with Crippen LogP contribution in [0, 0.1) is 11.3 Å². The van der Waals surface area contributed by atoms with Gasteiger partial charge in [0.1, 0.15) is 5.70 Å².